The maximum Gasteiger partial charge on any atom is 0.221 e. The van der Waals surface area contributed by atoms with Crippen LogP contribution in [0.3, 0.4) is 0 Å². The van der Waals surface area contributed by atoms with Crippen LogP contribution in [0.5, 0.6) is 5.75 Å². The number of carbonyl (C=O) groups is 1. The van der Waals surface area contributed by atoms with Gasteiger partial charge in [0.1, 0.15) is 5.75 Å². The molecule has 1 aromatic carbocycles. The number of amides is 1. The average Bonchev–Trinajstić information content (AvgIpc) is 2.40. The molecule has 0 saturated heterocycles. The Hall–Kier alpha value is -1.55. The Morgan fingerprint density at radius 1 is 1.33 bits per heavy atom. The van der Waals surface area contributed by atoms with Gasteiger partial charge in [-0.25, -0.2) is 0 Å². The lowest BCUT2D eigenvalue weighted by molar-refractivity contribution is -0.114. The molecule has 0 heterocycles. The lowest BCUT2D eigenvalue weighted by atomic mass is 10.1. The van der Waals surface area contributed by atoms with E-state index in [0.29, 0.717) is 12.6 Å². The summed E-state index contributed by atoms with van der Waals surface area (Å²) in [6, 6.07) is 6.36. The fourth-order valence-electron chi connectivity index (χ4n) is 2.11. The molecule has 21 heavy (non-hydrogen) atoms. The molecule has 0 radical (unpaired) electrons. The SMILES string of the molecule is CCCc1cc(NC(C)=O)ccc1OCCCNC(C)C. The predicted octanol–water partition coefficient (Wildman–Crippen LogP) is 3.36. The Bertz CT molecular complexity index is 444. The molecule has 4 heteroatoms. The van der Waals surface area contributed by atoms with Crippen LogP contribution in [0.2, 0.25) is 0 Å². The van der Waals surface area contributed by atoms with E-state index in [4.69, 9.17) is 4.74 Å². The van der Waals surface area contributed by atoms with Crippen molar-refractivity contribution in [2.75, 3.05) is 18.5 Å². The molecule has 0 fully saturated rings. The molecule has 0 aliphatic heterocycles. The van der Waals surface area contributed by atoms with Crippen molar-refractivity contribution in [1.29, 1.82) is 0 Å². The Labute approximate surface area is 128 Å². The van der Waals surface area contributed by atoms with Gasteiger partial charge in [0.25, 0.3) is 0 Å². The molecule has 0 unspecified atom stereocenters. The van der Waals surface area contributed by atoms with Gasteiger partial charge in [-0.15, -0.1) is 0 Å². The average molecular weight is 292 g/mol. The molecule has 0 aliphatic rings. The zero-order valence-electron chi connectivity index (χ0n) is 13.7. The summed E-state index contributed by atoms with van der Waals surface area (Å²) in [5.41, 5.74) is 1.99. The maximum atomic E-state index is 11.1. The van der Waals surface area contributed by atoms with Crippen LogP contribution < -0.4 is 15.4 Å². The summed E-state index contributed by atoms with van der Waals surface area (Å²) in [4.78, 5) is 11.1. The van der Waals surface area contributed by atoms with Gasteiger partial charge in [0, 0.05) is 18.7 Å². The van der Waals surface area contributed by atoms with Crippen LogP contribution >= 0.6 is 0 Å². The van der Waals surface area contributed by atoms with Gasteiger partial charge >= 0.3 is 0 Å². The van der Waals surface area contributed by atoms with Crippen LogP contribution in [0.1, 0.15) is 46.1 Å². The highest BCUT2D eigenvalue weighted by Gasteiger charge is 2.06. The molecule has 0 saturated carbocycles. The van der Waals surface area contributed by atoms with E-state index in [2.05, 4.69) is 31.4 Å². The molecule has 2 N–H and O–H groups in total. The summed E-state index contributed by atoms with van der Waals surface area (Å²) >= 11 is 0. The second-order valence-electron chi connectivity index (χ2n) is 5.56. The van der Waals surface area contributed by atoms with Gasteiger partial charge in [-0.1, -0.05) is 27.2 Å². The minimum atomic E-state index is -0.0501. The second-order valence-corrected chi connectivity index (χ2v) is 5.56. The number of rotatable bonds is 9. The number of anilines is 1. The third-order valence-electron chi connectivity index (χ3n) is 3.03. The molecular weight excluding hydrogens is 264 g/mol. The summed E-state index contributed by atoms with van der Waals surface area (Å²) < 4.78 is 5.88. The van der Waals surface area contributed by atoms with Crippen molar-refractivity contribution in [3.63, 3.8) is 0 Å². The van der Waals surface area contributed by atoms with Crippen LogP contribution in [0.4, 0.5) is 5.69 Å². The molecule has 1 amide bonds. The molecular formula is C17H28N2O2. The van der Waals surface area contributed by atoms with Gasteiger partial charge in [-0.3, -0.25) is 4.79 Å². The smallest absolute Gasteiger partial charge is 0.221 e. The lowest BCUT2D eigenvalue weighted by Gasteiger charge is -2.14. The van der Waals surface area contributed by atoms with E-state index in [1.54, 1.807) is 0 Å². The Morgan fingerprint density at radius 2 is 2.10 bits per heavy atom. The van der Waals surface area contributed by atoms with Crippen LogP contribution in [0, 0.1) is 0 Å². The molecule has 0 aromatic heterocycles. The monoisotopic (exact) mass is 292 g/mol. The molecule has 1 aromatic rings. The zero-order valence-corrected chi connectivity index (χ0v) is 13.7. The Kier molecular flexibility index (Phi) is 7.83. The molecule has 0 aliphatic carbocycles. The van der Waals surface area contributed by atoms with E-state index in [9.17, 15) is 4.79 Å². The van der Waals surface area contributed by atoms with Crippen molar-refractivity contribution in [1.82, 2.24) is 5.32 Å². The molecule has 4 nitrogen and oxygen atoms in total. The van der Waals surface area contributed by atoms with E-state index in [1.165, 1.54) is 6.92 Å². The first kappa shape index (κ1) is 17.5. The van der Waals surface area contributed by atoms with Crippen molar-refractivity contribution in [3.05, 3.63) is 23.8 Å². The van der Waals surface area contributed by atoms with E-state index >= 15 is 0 Å². The number of benzene rings is 1. The summed E-state index contributed by atoms with van der Waals surface area (Å²) in [7, 11) is 0. The van der Waals surface area contributed by atoms with Crippen molar-refractivity contribution in [2.45, 2.75) is 53.0 Å². The predicted molar refractivity (Wildman–Crippen MR) is 88.0 cm³/mol. The number of hydrogen-bond donors (Lipinski definition) is 2. The number of ether oxygens (including phenoxy) is 1. The van der Waals surface area contributed by atoms with Crippen LogP contribution in [0.15, 0.2) is 18.2 Å². The van der Waals surface area contributed by atoms with E-state index in [0.717, 1.165) is 42.8 Å². The lowest BCUT2D eigenvalue weighted by Crippen LogP contribution is -2.24. The maximum absolute atomic E-state index is 11.1. The molecule has 118 valence electrons. The third kappa shape index (κ3) is 7.14. The van der Waals surface area contributed by atoms with Crippen molar-refractivity contribution < 1.29 is 9.53 Å². The van der Waals surface area contributed by atoms with Crippen molar-refractivity contribution >= 4 is 11.6 Å². The van der Waals surface area contributed by atoms with Gasteiger partial charge in [-0.05, 0) is 43.1 Å². The van der Waals surface area contributed by atoms with Gasteiger partial charge in [0.15, 0.2) is 0 Å². The second kappa shape index (κ2) is 9.40. The Morgan fingerprint density at radius 3 is 2.71 bits per heavy atom. The van der Waals surface area contributed by atoms with Gasteiger partial charge in [-0.2, -0.15) is 0 Å². The largest absolute Gasteiger partial charge is 0.493 e. The normalized spacial score (nSPS) is 10.7. The minimum absolute atomic E-state index is 0.0501. The number of carbonyl (C=O) groups excluding carboxylic acids is 1. The highest BCUT2D eigenvalue weighted by molar-refractivity contribution is 5.88. The first-order valence-corrected chi connectivity index (χ1v) is 7.79. The van der Waals surface area contributed by atoms with Crippen molar-refractivity contribution in [2.24, 2.45) is 0 Å². The van der Waals surface area contributed by atoms with E-state index in [1.807, 2.05) is 18.2 Å². The van der Waals surface area contributed by atoms with E-state index < -0.39 is 0 Å². The number of aryl methyl sites for hydroxylation is 1. The zero-order chi connectivity index (χ0) is 15.7. The summed E-state index contributed by atoms with van der Waals surface area (Å²) in [6.07, 6.45) is 2.99. The summed E-state index contributed by atoms with van der Waals surface area (Å²) in [5.74, 6) is 0.876. The highest BCUT2D eigenvalue weighted by Crippen LogP contribution is 2.24. The standard InChI is InChI=1S/C17H28N2O2/c1-5-7-15-12-16(19-14(4)20)8-9-17(15)21-11-6-10-18-13(2)3/h8-9,12-13,18H,5-7,10-11H2,1-4H3,(H,19,20). The van der Waals surface area contributed by atoms with Gasteiger partial charge in [0.05, 0.1) is 6.61 Å². The third-order valence-corrected chi connectivity index (χ3v) is 3.03. The Balaban J connectivity index is 2.57. The number of hydrogen-bond acceptors (Lipinski definition) is 3. The van der Waals surface area contributed by atoms with Crippen molar-refractivity contribution in [3.8, 4) is 5.75 Å². The topological polar surface area (TPSA) is 50.4 Å². The van der Waals surface area contributed by atoms with Crippen LogP contribution in [-0.2, 0) is 11.2 Å². The summed E-state index contributed by atoms with van der Waals surface area (Å²) in [6.45, 7) is 9.61. The van der Waals surface area contributed by atoms with Gasteiger partial charge < -0.3 is 15.4 Å². The fourth-order valence-corrected chi connectivity index (χ4v) is 2.11. The van der Waals surface area contributed by atoms with Crippen LogP contribution in [-0.4, -0.2) is 25.1 Å². The first-order chi connectivity index (χ1) is 10.0. The van der Waals surface area contributed by atoms with Crippen LogP contribution in [0.25, 0.3) is 0 Å². The fraction of sp³-hybridized carbons (Fsp3) is 0.588. The quantitative estimate of drug-likeness (QED) is 0.686. The molecule has 0 spiro atoms. The first-order valence-electron chi connectivity index (χ1n) is 7.79. The van der Waals surface area contributed by atoms with Gasteiger partial charge in [0.2, 0.25) is 5.91 Å². The number of nitrogens with one attached hydrogen (secondary N) is 2. The minimum Gasteiger partial charge on any atom is -0.493 e. The van der Waals surface area contributed by atoms with E-state index in [-0.39, 0.29) is 5.91 Å². The summed E-state index contributed by atoms with van der Waals surface area (Å²) in [5, 5.41) is 6.19. The molecule has 1 rings (SSSR count). The highest BCUT2D eigenvalue weighted by atomic mass is 16.5. The molecule has 0 atom stereocenters. The molecule has 0 bridgehead atoms.